The monoisotopic (exact) mass is 377 g/mol. The SMILES string of the molecule is CCS(=O)(=O)N(C)C1CCN(C(=O)c2cc(-c3ccccc3)no2)CC1. The van der Waals surface area contributed by atoms with Crippen LogP contribution in [0.4, 0.5) is 0 Å². The van der Waals surface area contributed by atoms with Crippen LogP contribution in [0.5, 0.6) is 0 Å². The molecule has 1 amide bonds. The van der Waals surface area contributed by atoms with E-state index >= 15 is 0 Å². The first-order valence-electron chi connectivity index (χ1n) is 8.69. The van der Waals surface area contributed by atoms with Crippen LogP contribution in [0.2, 0.25) is 0 Å². The maximum Gasteiger partial charge on any atom is 0.292 e. The summed E-state index contributed by atoms with van der Waals surface area (Å²) < 4.78 is 30.7. The van der Waals surface area contributed by atoms with Crippen molar-refractivity contribution in [2.45, 2.75) is 25.8 Å². The second kappa shape index (κ2) is 7.59. The lowest BCUT2D eigenvalue weighted by molar-refractivity contribution is 0.0644. The lowest BCUT2D eigenvalue weighted by Crippen LogP contribution is -2.47. The van der Waals surface area contributed by atoms with Gasteiger partial charge < -0.3 is 9.42 Å². The zero-order chi connectivity index (χ0) is 18.7. The number of aromatic nitrogens is 1. The molecule has 2 aromatic rings. The van der Waals surface area contributed by atoms with Gasteiger partial charge in [-0.05, 0) is 19.8 Å². The highest BCUT2D eigenvalue weighted by Gasteiger charge is 2.31. The van der Waals surface area contributed by atoms with Crippen molar-refractivity contribution in [3.63, 3.8) is 0 Å². The highest BCUT2D eigenvalue weighted by molar-refractivity contribution is 7.89. The van der Waals surface area contributed by atoms with Crippen LogP contribution >= 0.6 is 0 Å². The van der Waals surface area contributed by atoms with Crippen LogP contribution in [0, 0.1) is 0 Å². The minimum atomic E-state index is -3.21. The van der Waals surface area contributed by atoms with E-state index in [-0.39, 0.29) is 23.5 Å². The maximum absolute atomic E-state index is 12.6. The summed E-state index contributed by atoms with van der Waals surface area (Å²) in [5.74, 6) is 0.0826. The fourth-order valence-electron chi connectivity index (χ4n) is 3.14. The van der Waals surface area contributed by atoms with Crippen molar-refractivity contribution in [1.82, 2.24) is 14.4 Å². The lowest BCUT2D eigenvalue weighted by Gasteiger charge is -2.35. The molecule has 0 spiro atoms. The van der Waals surface area contributed by atoms with Crippen LogP contribution in [0.25, 0.3) is 11.3 Å². The zero-order valence-corrected chi connectivity index (χ0v) is 15.8. The summed E-state index contributed by atoms with van der Waals surface area (Å²) in [6.45, 7) is 2.63. The summed E-state index contributed by atoms with van der Waals surface area (Å²) >= 11 is 0. The average molecular weight is 377 g/mol. The summed E-state index contributed by atoms with van der Waals surface area (Å²) in [6.07, 6.45) is 1.22. The predicted molar refractivity (Wildman–Crippen MR) is 98.1 cm³/mol. The van der Waals surface area contributed by atoms with Gasteiger partial charge in [0, 0.05) is 37.8 Å². The number of carbonyl (C=O) groups is 1. The molecule has 0 atom stereocenters. The first-order valence-corrected chi connectivity index (χ1v) is 10.3. The normalized spacial score (nSPS) is 16.2. The Labute approximate surface area is 153 Å². The number of likely N-dealkylation sites (tertiary alicyclic amines) is 1. The van der Waals surface area contributed by atoms with Gasteiger partial charge in [0.15, 0.2) is 0 Å². The number of amides is 1. The third-order valence-electron chi connectivity index (χ3n) is 4.86. The standard InChI is InChI=1S/C18H23N3O4S/c1-3-26(23,24)20(2)15-9-11-21(12-10-15)18(22)17-13-16(19-25-17)14-7-5-4-6-8-14/h4-8,13,15H,3,9-12H2,1-2H3. The van der Waals surface area contributed by atoms with Gasteiger partial charge in [-0.1, -0.05) is 35.5 Å². The third kappa shape index (κ3) is 3.81. The van der Waals surface area contributed by atoms with Crippen LogP contribution in [0.1, 0.15) is 30.3 Å². The quantitative estimate of drug-likeness (QED) is 0.798. The Bertz CT molecular complexity index is 856. The number of piperidine rings is 1. The molecule has 0 aliphatic carbocycles. The molecule has 1 aliphatic rings. The fraction of sp³-hybridized carbons (Fsp3) is 0.444. The molecule has 7 nitrogen and oxygen atoms in total. The number of hydrogen-bond donors (Lipinski definition) is 0. The molecule has 0 N–H and O–H groups in total. The van der Waals surface area contributed by atoms with Gasteiger partial charge in [-0.3, -0.25) is 4.79 Å². The average Bonchev–Trinajstić information content (AvgIpc) is 3.18. The number of sulfonamides is 1. The molecular weight excluding hydrogens is 354 g/mol. The van der Waals surface area contributed by atoms with Crippen LogP contribution in [-0.2, 0) is 10.0 Å². The van der Waals surface area contributed by atoms with E-state index in [1.807, 2.05) is 30.3 Å². The molecule has 0 saturated carbocycles. The lowest BCUT2D eigenvalue weighted by atomic mass is 10.0. The third-order valence-corrected chi connectivity index (χ3v) is 6.77. The van der Waals surface area contributed by atoms with Gasteiger partial charge in [0.1, 0.15) is 5.69 Å². The van der Waals surface area contributed by atoms with Gasteiger partial charge in [-0.25, -0.2) is 12.7 Å². The predicted octanol–water partition coefficient (Wildman–Crippen LogP) is 2.23. The number of carbonyl (C=O) groups excluding carboxylic acids is 1. The highest BCUT2D eigenvalue weighted by Crippen LogP contribution is 2.22. The van der Waals surface area contributed by atoms with Crippen LogP contribution < -0.4 is 0 Å². The molecular formula is C18H23N3O4S. The van der Waals surface area contributed by atoms with Crippen molar-refractivity contribution in [1.29, 1.82) is 0 Å². The van der Waals surface area contributed by atoms with Crippen LogP contribution in [0.15, 0.2) is 40.9 Å². The Morgan fingerprint density at radius 3 is 2.54 bits per heavy atom. The second-order valence-electron chi connectivity index (χ2n) is 6.38. The molecule has 1 aliphatic heterocycles. The summed E-state index contributed by atoms with van der Waals surface area (Å²) in [4.78, 5) is 14.3. The number of benzene rings is 1. The van der Waals surface area contributed by atoms with Crippen molar-refractivity contribution in [2.75, 3.05) is 25.9 Å². The van der Waals surface area contributed by atoms with Gasteiger partial charge in [0.25, 0.3) is 5.91 Å². The Balaban J connectivity index is 1.63. The van der Waals surface area contributed by atoms with Gasteiger partial charge >= 0.3 is 0 Å². The molecule has 0 bridgehead atoms. The van der Waals surface area contributed by atoms with E-state index in [1.165, 1.54) is 4.31 Å². The van der Waals surface area contributed by atoms with E-state index in [4.69, 9.17) is 4.52 Å². The summed E-state index contributed by atoms with van der Waals surface area (Å²) in [6, 6.07) is 11.1. The van der Waals surface area contributed by atoms with Gasteiger partial charge in [-0.15, -0.1) is 0 Å². The summed E-state index contributed by atoms with van der Waals surface area (Å²) in [5.41, 5.74) is 1.51. The van der Waals surface area contributed by atoms with E-state index in [2.05, 4.69) is 5.16 Å². The topological polar surface area (TPSA) is 83.7 Å². The second-order valence-corrected chi connectivity index (χ2v) is 8.70. The largest absolute Gasteiger partial charge is 0.350 e. The number of rotatable bonds is 5. The molecule has 8 heteroatoms. The Kier molecular flexibility index (Phi) is 5.43. The maximum atomic E-state index is 12.6. The zero-order valence-electron chi connectivity index (χ0n) is 15.0. The minimum absolute atomic E-state index is 0.0707. The van der Waals surface area contributed by atoms with Crippen molar-refractivity contribution in [2.24, 2.45) is 0 Å². The molecule has 140 valence electrons. The molecule has 0 unspecified atom stereocenters. The fourth-order valence-corrected chi connectivity index (χ4v) is 4.21. The van der Waals surface area contributed by atoms with Crippen LogP contribution in [-0.4, -0.2) is 60.6 Å². The van der Waals surface area contributed by atoms with E-state index < -0.39 is 10.0 Å². The first-order chi connectivity index (χ1) is 12.4. The van der Waals surface area contributed by atoms with Crippen LogP contribution in [0.3, 0.4) is 0 Å². The highest BCUT2D eigenvalue weighted by atomic mass is 32.2. The van der Waals surface area contributed by atoms with Crippen molar-refractivity contribution in [3.05, 3.63) is 42.2 Å². The molecule has 3 rings (SSSR count). The summed E-state index contributed by atoms with van der Waals surface area (Å²) in [7, 11) is -1.60. The Hall–Kier alpha value is -2.19. The summed E-state index contributed by atoms with van der Waals surface area (Å²) in [5, 5.41) is 3.98. The van der Waals surface area contributed by atoms with E-state index in [9.17, 15) is 13.2 Å². The van der Waals surface area contributed by atoms with Gasteiger partial charge in [-0.2, -0.15) is 0 Å². The number of nitrogens with zero attached hydrogens (tertiary/aromatic N) is 3. The Morgan fingerprint density at radius 2 is 1.92 bits per heavy atom. The van der Waals surface area contributed by atoms with Crippen molar-refractivity contribution < 1.29 is 17.7 Å². The molecule has 26 heavy (non-hydrogen) atoms. The number of hydrogen-bond acceptors (Lipinski definition) is 5. The molecule has 2 heterocycles. The van der Waals surface area contributed by atoms with E-state index in [1.54, 1.807) is 24.9 Å². The van der Waals surface area contributed by atoms with E-state index in [0.29, 0.717) is 31.6 Å². The Morgan fingerprint density at radius 1 is 1.27 bits per heavy atom. The van der Waals surface area contributed by atoms with E-state index in [0.717, 1.165) is 5.56 Å². The molecule has 0 radical (unpaired) electrons. The molecule has 1 aromatic carbocycles. The smallest absolute Gasteiger partial charge is 0.292 e. The minimum Gasteiger partial charge on any atom is -0.350 e. The first kappa shape index (κ1) is 18.6. The van der Waals surface area contributed by atoms with Gasteiger partial charge in [0.2, 0.25) is 15.8 Å². The molecule has 1 aromatic heterocycles. The van der Waals surface area contributed by atoms with Crippen molar-refractivity contribution in [3.8, 4) is 11.3 Å². The molecule has 1 saturated heterocycles. The van der Waals surface area contributed by atoms with Crippen molar-refractivity contribution >= 4 is 15.9 Å². The molecule has 1 fully saturated rings. The van der Waals surface area contributed by atoms with Gasteiger partial charge in [0.05, 0.1) is 5.75 Å².